The van der Waals surface area contributed by atoms with E-state index in [0.29, 0.717) is 17.7 Å². The summed E-state index contributed by atoms with van der Waals surface area (Å²) in [6.07, 6.45) is 1.65. The van der Waals surface area contributed by atoms with Crippen molar-refractivity contribution in [2.75, 3.05) is 12.3 Å². The zero-order valence-electron chi connectivity index (χ0n) is 11.0. The lowest BCUT2D eigenvalue weighted by Gasteiger charge is -2.09. The number of carbonyl (C=O) groups excluding carboxylic acids is 1. The summed E-state index contributed by atoms with van der Waals surface area (Å²) in [4.78, 5) is 11.1. The van der Waals surface area contributed by atoms with E-state index in [1.165, 1.54) is 11.3 Å². The number of nitrogens with zero attached hydrogens (tertiary/aromatic N) is 2. The molecule has 0 spiro atoms. The van der Waals surface area contributed by atoms with Crippen LogP contribution in [0.3, 0.4) is 0 Å². The van der Waals surface area contributed by atoms with Crippen LogP contribution in [0.2, 0.25) is 0 Å². The minimum Gasteiger partial charge on any atom is -0.465 e. The highest BCUT2D eigenvalue weighted by Crippen LogP contribution is 2.05. The van der Waals surface area contributed by atoms with E-state index in [9.17, 15) is 4.79 Å². The Kier molecular flexibility index (Phi) is 9.67. The van der Waals surface area contributed by atoms with Gasteiger partial charge in [0.2, 0.25) is 5.13 Å². The number of anilines is 1. The molecule has 1 rings (SSSR count). The molecule has 18 heavy (non-hydrogen) atoms. The van der Waals surface area contributed by atoms with Crippen molar-refractivity contribution in [3.8, 4) is 0 Å². The zero-order valence-corrected chi connectivity index (χ0v) is 12.7. The summed E-state index contributed by atoms with van der Waals surface area (Å²) >= 11 is 5.41. The molecule has 1 aromatic heterocycles. The lowest BCUT2D eigenvalue weighted by Crippen LogP contribution is -2.18. The molecule has 0 saturated heterocycles. The summed E-state index contributed by atoms with van der Waals surface area (Å²) in [7, 11) is 0. The summed E-state index contributed by atoms with van der Waals surface area (Å²) in [5.74, 6) is 0.388. The van der Waals surface area contributed by atoms with Gasteiger partial charge in [0.25, 0.3) is 0 Å². The second-order valence-corrected chi connectivity index (χ2v) is 5.54. The Morgan fingerprint density at radius 2 is 2.28 bits per heavy atom. The molecule has 0 aliphatic carbocycles. The van der Waals surface area contributed by atoms with Crippen molar-refractivity contribution in [3.63, 3.8) is 0 Å². The van der Waals surface area contributed by atoms with Crippen LogP contribution in [-0.2, 0) is 9.53 Å². The standard InChI is InChI=1S/C9H18O2S.C2H3N3S/c1-4-8(12)9(10)11-6-5-7(2)3;3-2-5-4-1-6-2/h7-8,12H,4-6H2,1-3H3;1H,(H2,3,5). The Balaban J connectivity index is 0.000000397. The molecule has 0 saturated carbocycles. The SMILES string of the molecule is CCC(S)C(=O)OCCC(C)C.Nc1nncs1. The van der Waals surface area contributed by atoms with Gasteiger partial charge in [-0.3, -0.25) is 4.79 Å². The third kappa shape index (κ3) is 9.23. The van der Waals surface area contributed by atoms with Gasteiger partial charge in [-0.2, -0.15) is 12.6 Å². The first kappa shape index (κ1) is 17.2. The molecule has 0 aliphatic heterocycles. The average molecular weight is 291 g/mol. The molecule has 104 valence electrons. The highest BCUT2D eigenvalue weighted by molar-refractivity contribution is 7.81. The predicted molar refractivity (Wildman–Crippen MR) is 77.8 cm³/mol. The monoisotopic (exact) mass is 291 g/mol. The van der Waals surface area contributed by atoms with Gasteiger partial charge in [-0.15, -0.1) is 10.2 Å². The van der Waals surface area contributed by atoms with E-state index in [2.05, 4.69) is 36.7 Å². The zero-order chi connectivity index (χ0) is 14.0. The maximum Gasteiger partial charge on any atom is 0.318 e. The van der Waals surface area contributed by atoms with Crippen LogP contribution in [0.1, 0.15) is 33.6 Å². The molecule has 1 unspecified atom stereocenters. The van der Waals surface area contributed by atoms with E-state index >= 15 is 0 Å². The molecule has 1 heterocycles. The lowest BCUT2D eigenvalue weighted by atomic mass is 10.1. The van der Waals surface area contributed by atoms with Crippen LogP contribution < -0.4 is 5.73 Å². The van der Waals surface area contributed by atoms with Gasteiger partial charge in [-0.25, -0.2) is 0 Å². The van der Waals surface area contributed by atoms with E-state index in [0.717, 1.165) is 12.8 Å². The van der Waals surface area contributed by atoms with Gasteiger partial charge in [-0.1, -0.05) is 32.1 Å². The second kappa shape index (κ2) is 10.1. The fraction of sp³-hybridized carbons (Fsp3) is 0.727. The number of carbonyl (C=O) groups is 1. The van der Waals surface area contributed by atoms with Gasteiger partial charge in [0.05, 0.1) is 11.9 Å². The molecule has 7 heteroatoms. The predicted octanol–water partition coefficient (Wildman–Crippen LogP) is 2.40. The van der Waals surface area contributed by atoms with Crippen molar-refractivity contribution in [1.82, 2.24) is 10.2 Å². The summed E-state index contributed by atoms with van der Waals surface area (Å²) in [5, 5.41) is 7.20. The molecule has 0 amide bonds. The Bertz CT molecular complexity index is 318. The summed E-state index contributed by atoms with van der Waals surface area (Å²) < 4.78 is 4.99. The molecule has 0 aliphatic rings. The molecule has 0 radical (unpaired) electrons. The smallest absolute Gasteiger partial charge is 0.318 e. The van der Waals surface area contributed by atoms with Crippen LogP contribution in [0.25, 0.3) is 0 Å². The number of rotatable bonds is 5. The van der Waals surface area contributed by atoms with Crippen molar-refractivity contribution < 1.29 is 9.53 Å². The van der Waals surface area contributed by atoms with Crippen LogP contribution in [0.15, 0.2) is 5.51 Å². The van der Waals surface area contributed by atoms with Gasteiger partial charge in [-0.05, 0) is 18.8 Å². The van der Waals surface area contributed by atoms with E-state index < -0.39 is 0 Å². The van der Waals surface area contributed by atoms with Crippen LogP contribution in [0.5, 0.6) is 0 Å². The molecule has 1 aromatic rings. The maximum absolute atomic E-state index is 11.1. The topological polar surface area (TPSA) is 78.1 Å². The van der Waals surface area contributed by atoms with Crippen molar-refractivity contribution in [3.05, 3.63) is 5.51 Å². The minimum absolute atomic E-state index is 0.193. The Hall–Kier alpha value is -0.820. The van der Waals surface area contributed by atoms with E-state index in [1.54, 1.807) is 5.51 Å². The molecule has 0 bridgehead atoms. The highest BCUT2D eigenvalue weighted by atomic mass is 32.1. The first-order chi connectivity index (χ1) is 8.47. The normalized spacial score (nSPS) is 11.6. The van der Waals surface area contributed by atoms with Gasteiger partial charge in [0.15, 0.2) is 0 Å². The summed E-state index contributed by atoms with van der Waals surface area (Å²) in [6.45, 7) is 6.65. The number of hydrogen-bond donors (Lipinski definition) is 2. The van der Waals surface area contributed by atoms with Crippen LogP contribution in [0, 0.1) is 5.92 Å². The fourth-order valence-electron chi connectivity index (χ4n) is 0.840. The summed E-state index contributed by atoms with van der Waals surface area (Å²) in [5.41, 5.74) is 6.72. The molecule has 0 aromatic carbocycles. The number of ether oxygens (including phenoxy) is 1. The Morgan fingerprint density at radius 1 is 1.61 bits per heavy atom. The third-order valence-corrected chi connectivity index (χ3v) is 3.07. The van der Waals surface area contributed by atoms with Crippen LogP contribution in [0.4, 0.5) is 5.13 Å². The van der Waals surface area contributed by atoms with Gasteiger partial charge in [0, 0.05) is 0 Å². The second-order valence-electron chi connectivity index (χ2n) is 4.05. The lowest BCUT2D eigenvalue weighted by molar-refractivity contribution is -0.143. The first-order valence-corrected chi connectivity index (χ1v) is 7.23. The van der Waals surface area contributed by atoms with Crippen molar-refractivity contribution in [1.29, 1.82) is 0 Å². The minimum atomic E-state index is -0.253. The number of nitrogen functional groups attached to an aromatic ring is 1. The maximum atomic E-state index is 11.1. The van der Waals surface area contributed by atoms with E-state index in [-0.39, 0.29) is 11.2 Å². The molecule has 2 N–H and O–H groups in total. The average Bonchev–Trinajstić information content (AvgIpc) is 2.79. The third-order valence-electron chi connectivity index (χ3n) is 1.98. The molecular weight excluding hydrogens is 270 g/mol. The highest BCUT2D eigenvalue weighted by Gasteiger charge is 2.12. The first-order valence-electron chi connectivity index (χ1n) is 5.83. The Morgan fingerprint density at radius 3 is 2.61 bits per heavy atom. The molecule has 0 fully saturated rings. The molecular formula is C11H21N3O2S2. The van der Waals surface area contributed by atoms with Crippen molar-refractivity contribution in [2.45, 2.75) is 38.9 Å². The number of esters is 1. The fourth-order valence-corrected chi connectivity index (χ4v) is 1.21. The van der Waals surface area contributed by atoms with Crippen molar-refractivity contribution >= 4 is 35.1 Å². The Labute approximate surface area is 118 Å². The van der Waals surface area contributed by atoms with Crippen LogP contribution >= 0.6 is 24.0 Å². The number of thiol groups is 1. The number of aromatic nitrogens is 2. The molecule has 1 atom stereocenters. The van der Waals surface area contributed by atoms with Gasteiger partial charge < -0.3 is 10.5 Å². The van der Waals surface area contributed by atoms with Gasteiger partial charge in [0.1, 0.15) is 5.51 Å². The number of hydrogen-bond acceptors (Lipinski definition) is 7. The van der Waals surface area contributed by atoms with Crippen molar-refractivity contribution in [2.24, 2.45) is 5.92 Å². The van der Waals surface area contributed by atoms with E-state index in [1.807, 2.05) is 6.92 Å². The molecule has 5 nitrogen and oxygen atoms in total. The van der Waals surface area contributed by atoms with Crippen LogP contribution in [-0.4, -0.2) is 28.0 Å². The largest absolute Gasteiger partial charge is 0.465 e. The number of nitrogens with two attached hydrogens (primary N) is 1. The summed E-state index contributed by atoms with van der Waals surface area (Å²) in [6, 6.07) is 0. The quantitative estimate of drug-likeness (QED) is 0.643. The van der Waals surface area contributed by atoms with Gasteiger partial charge >= 0.3 is 5.97 Å². The van der Waals surface area contributed by atoms with E-state index in [4.69, 9.17) is 10.5 Å².